The summed E-state index contributed by atoms with van der Waals surface area (Å²) in [6, 6.07) is 15.9. The maximum Gasteiger partial charge on any atom is 0.228 e. The summed E-state index contributed by atoms with van der Waals surface area (Å²) in [6.45, 7) is 2.06. The SMILES string of the molecule is Cc1cccc2cc3c(nc12)Oc1ccccc1N=C3. The normalized spacial score (nSPS) is 12.4. The second-order valence-corrected chi connectivity index (χ2v) is 4.86. The lowest BCUT2D eigenvalue weighted by molar-refractivity contribution is 0.467. The third kappa shape index (κ3) is 1.67. The molecule has 0 saturated heterocycles. The van der Waals surface area contributed by atoms with E-state index in [4.69, 9.17) is 4.74 Å². The molecule has 0 unspecified atom stereocenters. The molecule has 20 heavy (non-hydrogen) atoms. The Kier molecular flexibility index (Phi) is 2.33. The van der Waals surface area contributed by atoms with Gasteiger partial charge in [0, 0.05) is 11.6 Å². The monoisotopic (exact) mass is 260 g/mol. The van der Waals surface area contributed by atoms with Crippen LogP contribution < -0.4 is 4.74 Å². The molecule has 0 atom stereocenters. The molecular formula is C17H12N2O. The zero-order valence-corrected chi connectivity index (χ0v) is 11.0. The summed E-state index contributed by atoms with van der Waals surface area (Å²) in [5, 5.41) is 1.10. The number of fused-ring (bicyclic) bond motifs is 3. The Hall–Kier alpha value is -2.68. The molecule has 3 aromatic rings. The first-order valence-corrected chi connectivity index (χ1v) is 6.52. The quantitative estimate of drug-likeness (QED) is 0.469. The van der Waals surface area contributed by atoms with Crippen LogP contribution in [-0.2, 0) is 0 Å². The van der Waals surface area contributed by atoms with Crippen LogP contribution in [0, 0.1) is 6.92 Å². The minimum Gasteiger partial charge on any atom is -0.436 e. The Bertz CT molecular complexity index is 853. The van der Waals surface area contributed by atoms with Crippen molar-refractivity contribution in [1.29, 1.82) is 0 Å². The average molecular weight is 260 g/mol. The Morgan fingerprint density at radius 1 is 1.00 bits per heavy atom. The van der Waals surface area contributed by atoms with Crippen LogP contribution in [0.1, 0.15) is 11.1 Å². The molecular weight excluding hydrogens is 248 g/mol. The first-order chi connectivity index (χ1) is 9.81. The minimum atomic E-state index is 0.612. The number of aryl methyl sites for hydroxylation is 1. The molecule has 2 heterocycles. The van der Waals surface area contributed by atoms with E-state index in [0.717, 1.165) is 33.5 Å². The van der Waals surface area contributed by atoms with Gasteiger partial charge >= 0.3 is 0 Å². The summed E-state index contributed by atoms with van der Waals surface area (Å²) in [5.74, 6) is 1.35. The Morgan fingerprint density at radius 2 is 1.90 bits per heavy atom. The molecule has 0 saturated carbocycles. The van der Waals surface area contributed by atoms with E-state index >= 15 is 0 Å². The standard InChI is InChI=1S/C17H12N2O/c1-11-5-4-6-12-9-13-10-18-14-7-2-3-8-15(14)20-17(13)19-16(11)12/h2-10H,1H3. The zero-order valence-electron chi connectivity index (χ0n) is 11.0. The molecule has 0 fully saturated rings. The van der Waals surface area contributed by atoms with Gasteiger partial charge in [-0.1, -0.05) is 30.3 Å². The summed E-state index contributed by atoms with van der Waals surface area (Å²) in [4.78, 5) is 9.13. The molecule has 3 nitrogen and oxygen atoms in total. The number of ether oxygens (including phenoxy) is 1. The maximum absolute atomic E-state index is 5.93. The number of nitrogens with zero attached hydrogens (tertiary/aromatic N) is 2. The molecule has 0 radical (unpaired) electrons. The lowest BCUT2D eigenvalue weighted by atomic mass is 10.1. The van der Waals surface area contributed by atoms with E-state index in [1.165, 1.54) is 0 Å². The summed E-state index contributed by atoms with van der Waals surface area (Å²) >= 11 is 0. The van der Waals surface area contributed by atoms with Crippen molar-refractivity contribution in [2.24, 2.45) is 4.99 Å². The van der Waals surface area contributed by atoms with E-state index in [2.05, 4.69) is 35.1 Å². The largest absolute Gasteiger partial charge is 0.436 e. The summed E-state index contributed by atoms with van der Waals surface area (Å²) in [6.07, 6.45) is 1.82. The van der Waals surface area contributed by atoms with Crippen LogP contribution in [0.4, 0.5) is 5.69 Å². The molecule has 0 amide bonds. The Balaban J connectivity index is 1.98. The third-order valence-corrected chi connectivity index (χ3v) is 3.45. The van der Waals surface area contributed by atoms with Crippen molar-refractivity contribution >= 4 is 22.8 Å². The fourth-order valence-electron chi connectivity index (χ4n) is 2.41. The van der Waals surface area contributed by atoms with E-state index in [9.17, 15) is 0 Å². The number of aromatic nitrogens is 1. The number of para-hydroxylation sites is 3. The fraction of sp³-hybridized carbons (Fsp3) is 0.0588. The van der Waals surface area contributed by atoms with Crippen LogP contribution in [0.2, 0.25) is 0 Å². The first-order valence-electron chi connectivity index (χ1n) is 6.52. The van der Waals surface area contributed by atoms with Gasteiger partial charge in [-0.25, -0.2) is 4.98 Å². The van der Waals surface area contributed by atoms with Crippen molar-refractivity contribution in [2.75, 3.05) is 0 Å². The molecule has 0 N–H and O–H groups in total. The number of aliphatic imine (C=N–C) groups is 1. The highest BCUT2D eigenvalue weighted by Gasteiger charge is 2.14. The van der Waals surface area contributed by atoms with Gasteiger partial charge in [-0.15, -0.1) is 0 Å². The Morgan fingerprint density at radius 3 is 2.85 bits per heavy atom. The van der Waals surface area contributed by atoms with E-state index in [-0.39, 0.29) is 0 Å². The second kappa shape index (κ2) is 4.17. The molecule has 3 heteroatoms. The highest BCUT2D eigenvalue weighted by molar-refractivity contribution is 5.93. The number of rotatable bonds is 0. The number of hydrogen-bond donors (Lipinski definition) is 0. The van der Waals surface area contributed by atoms with Crippen LogP contribution >= 0.6 is 0 Å². The molecule has 1 aliphatic rings. The molecule has 0 aliphatic carbocycles. The van der Waals surface area contributed by atoms with Crippen molar-refractivity contribution in [3.05, 3.63) is 59.7 Å². The Labute approximate surface area is 116 Å². The highest BCUT2D eigenvalue weighted by Crippen LogP contribution is 2.35. The van der Waals surface area contributed by atoms with Gasteiger partial charge < -0.3 is 4.74 Å². The van der Waals surface area contributed by atoms with Crippen molar-refractivity contribution in [2.45, 2.75) is 6.92 Å². The van der Waals surface area contributed by atoms with Crippen molar-refractivity contribution in [1.82, 2.24) is 4.98 Å². The van der Waals surface area contributed by atoms with E-state index in [1.54, 1.807) is 0 Å². The first kappa shape index (κ1) is 11.2. The van der Waals surface area contributed by atoms with Gasteiger partial charge in [0.15, 0.2) is 5.75 Å². The van der Waals surface area contributed by atoms with Crippen molar-refractivity contribution < 1.29 is 4.74 Å². The highest BCUT2D eigenvalue weighted by atomic mass is 16.5. The topological polar surface area (TPSA) is 34.5 Å². The van der Waals surface area contributed by atoms with Crippen molar-refractivity contribution in [3.63, 3.8) is 0 Å². The van der Waals surface area contributed by atoms with Gasteiger partial charge in [0.25, 0.3) is 0 Å². The van der Waals surface area contributed by atoms with Crippen LogP contribution in [0.3, 0.4) is 0 Å². The third-order valence-electron chi connectivity index (χ3n) is 3.45. The van der Waals surface area contributed by atoms with Gasteiger partial charge in [0.2, 0.25) is 5.88 Å². The van der Waals surface area contributed by atoms with Gasteiger partial charge in [-0.2, -0.15) is 0 Å². The van der Waals surface area contributed by atoms with Crippen LogP contribution in [0.15, 0.2) is 53.5 Å². The number of hydrogen-bond acceptors (Lipinski definition) is 3. The molecule has 4 rings (SSSR count). The number of pyridine rings is 1. The summed E-state index contributed by atoms with van der Waals surface area (Å²) < 4.78 is 5.93. The maximum atomic E-state index is 5.93. The minimum absolute atomic E-state index is 0.612. The molecule has 96 valence electrons. The van der Waals surface area contributed by atoms with Gasteiger partial charge in [0.05, 0.1) is 11.1 Å². The molecule has 0 bridgehead atoms. The zero-order chi connectivity index (χ0) is 13.5. The molecule has 2 aromatic carbocycles. The second-order valence-electron chi connectivity index (χ2n) is 4.86. The summed E-state index contributed by atoms with van der Waals surface area (Å²) in [7, 11) is 0. The smallest absolute Gasteiger partial charge is 0.228 e. The molecule has 1 aliphatic heterocycles. The molecule has 0 spiro atoms. The van der Waals surface area contributed by atoms with E-state index in [0.29, 0.717) is 5.88 Å². The lowest BCUT2D eigenvalue weighted by Crippen LogP contribution is -1.94. The van der Waals surface area contributed by atoms with Crippen molar-refractivity contribution in [3.8, 4) is 11.6 Å². The van der Waals surface area contributed by atoms with Gasteiger partial charge in [-0.05, 0) is 30.7 Å². The average Bonchev–Trinajstić information content (AvgIpc) is 2.65. The van der Waals surface area contributed by atoms with Crippen LogP contribution in [0.5, 0.6) is 11.6 Å². The van der Waals surface area contributed by atoms with Gasteiger partial charge in [-0.3, -0.25) is 4.99 Å². The van der Waals surface area contributed by atoms with E-state index in [1.807, 2.05) is 36.5 Å². The predicted octanol–water partition coefficient (Wildman–Crippen LogP) is 4.40. The number of benzene rings is 2. The summed E-state index contributed by atoms with van der Waals surface area (Å²) in [5.41, 5.74) is 3.84. The van der Waals surface area contributed by atoms with Gasteiger partial charge in [0.1, 0.15) is 5.69 Å². The van der Waals surface area contributed by atoms with E-state index < -0.39 is 0 Å². The fourth-order valence-corrected chi connectivity index (χ4v) is 2.41. The van der Waals surface area contributed by atoms with Crippen LogP contribution in [-0.4, -0.2) is 11.2 Å². The predicted molar refractivity (Wildman–Crippen MR) is 80.3 cm³/mol. The molecule has 1 aromatic heterocycles. The lowest BCUT2D eigenvalue weighted by Gasteiger charge is -2.09. The van der Waals surface area contributed by atoms with Crippen LogP contribution in [0.25, 0.3) is 10.9 Å².